The van der Waals surface area contributed by atoms with Crippen molar-refractivity contribution < 1.29 is 4.74 Å². The lowest BCUT2D eigenvalue weighted by molar-refractivity contribution is 0.120. The Morgan fingerprint density at radius 3 is 2.56 bits per heavy atom. The number of benzene rings is 2. The van der Waals surface area contributed by atoms with Crippen LogP contribution >= 0.6 is 23.2 Å². The number of nitrogens with zero attached hydrogens (tertiary/aromatic N) is 2. The maximum atomic E-state index is 6.22. The predicted molar refractivity (Wildman–Crippen MR) is 102 cm³/mol. The quantitative estimate of drug-likeness (QED) is 0.682. The Hall–Kier alpha value is -1.88. The van der Waals surface area contributed by atoms with Gasteiger partial charge in [0, 0.05) is 39.5 Å². The topological polar surface area (TPSA) is 47.0 Å². The lowest BCUT2D eigenvalue weighted by atomic mass is 10.0. The molecule has 0 radical (unpaired) electrons. The molecule has 0 aliphatic carbocycles. The minimum absolute atomic E-state index is 0.229. The van der Waals surface area contributed by atoms with Gasteiger partial charge in [0.05, 0.1) is 6.10 Å². The largest absolute Gasteiger partial charge is 0.376 e. The second kappa shape index (κ2) is 7.16. The Kier molecular flexibility index (Phi) is 4.75. The number of rotatable bonds is 4. The van der Waals surface area contributed by atoms with Crippen LogP contribution in [0.1, 0.15) is 12.8 Å². The highest BCUT2D eigenvalue weighted by Crippen LogP contribution is 2.32. The molecule has 3 aromatic rings. The van der Waals surface area contributed by atoms with Crippen molar-refractivity contribution in [3.8, 4) is 11.3 Å². The van der Waals surface area contributed by atoms with Crippen LogP contribution in [-0.4, -0.2) is 29.5 Å². The molecule has 1 aliphatic heterocycles. The highest BCUT2D eigenvalue weighted by Gasteiger charge is 2.17. The smallest absolute Gasteiger partial charge is 0.156 e. The van der Waals surface area contributed by atoms with Crippen molar-refractivity contribution in [3.63, 3.8) is 0 Å². The number of anilines is 1. The lowest BCUT2D eigenvalue weighted by Crippen LogP contribution is -2.19. The Morgan fingerprint density at radius 1 is 1.00 bits per heavy atom. The summed E-state index contributed by atoms with van der Waals surface area (Å²) in [5.74, 6) is 0.728. The third kappa shape index (κ3) is 3.56. The second-order valence-corrected chi connectivity index (χ2v) is 6.98. The number of ether oxygens (including phenoxy) is 1. The molecule has 0 bridgehead atoms. The van der Waals surface area contributed by atoms with E-state index in [4.69, 9.17) is 27.9 Å². The van der Waals surface area contributed by atoms with E-state index in [1.807, 2.05) is 42.5 Å². The van der Waals surface area contributed by atoms with Crippen LogP contribution in [0.5, 0.6) is 0 Å². The van der Waals surface area contributed by atoms with Crippen LogP contribution in [0.15, 0.2) is 42.5 Å². The van der Waals surface area contributed by atoms with E-state index in [2.05, 4.69) is 15.5 Å². The number of aromatic nitrogens is 2. The molecule has 6 heteroatoms. The van der Waals surface area contributed by atoms with Crippen LogP contribution in [0.4, 0.5) is 5.82 Å². The van der Waals surface area contributed by atoms with Crippen molar-refractivity contribution in [3.05, 3.63) is 52.5 Å². The molecular formula is C19H17Cl2N3O. The monoisotopic (exact) mass is 373 g/mol. The van der Waals surface area contributed by atoms with Gasteiger partial charge in [-0.3, -0.25) is 0 Å². The van der Waals surface area contributed by atoms with E-state index >= 15 is 0 Å². The first kappa shape index (κ1) is 16.6. The Morgan fingerprint density at radius 2 is 1.80 bits per heavy atom. The minimum Gasteiger partial charge on any atom is -0.376 e. The molecule has 1 N–H and O–H groups in total. The Balaban J connectivity index is 1.73. The van der Waals surface area contributed by atoms with Gasteiger partial charge in [-0.05, 0) is 37.1 Å². The number of fused-ring (bicyclic) bond motifs is 1. The molecule has 0 amide bonds. The molecule has 1 saturated heterocycles. The van der Waals surface area contributed by atoms with Crippen molar-refractivity contribution in [1.29, 1.82) is 0 Å². The fraction of sp³-hybridized carbons (Fsp3) is 0.263. The van der Waals surface area contributed by atoms with Gasteiger partial charge in [0.15, 0.2) is 5.82 Å². The summed E-state index contributed by atoms with van der Waals surface area (Å²) in [5.41, 5.74) is 1.78. The standard InChI is InChI=1S/C19H17Cl2N3O/c20-13-5-3-12(4-6-13)18-16-8-7-14(21)10-17(16)19(24-23-18)22-11-15-2-1-9-25-15/h3-8,10,15H,1-2,9,11H2,(H,22,24). The zero-order valence-electron chi connectivity index (χ0n) is 13.5. The highest BCUT2D eigenvalue weighted by atomic mass is 35.5. The van der Waals surface area contributed by atoms with Gasteiger partial charge in [0.1, 0.15) is 5.69 Å². The molecule has 1 aromatic heterocycles. The van der Waals surface area contributed by atoms with Crippen LogP contribution in [0.3, 0.4) is 0 Å². The molecule has 4 rings (SSSR count). The van der Waals surface area contributed by atoms with Gasteiger partial charge in [-0.25, -0.2) is 0 Å². The average Bonchev–Trinajstić information content (AvgIpc) is 3.14. The SMILES string of the molecule is Clc1ccc(-c2nnc(NCC3CCCO3)c3cc(Cl)ccc23)cc1. The van der Waals surface area contributed by atoms with Gasteiger partial charge in [-0.15, -0.1) is 10.2 Å². The summed E-state index contributed by atoms with van der Waals surface area (Å²) >= 11 is 12.2. The normalized spacial score (nSPS) is 17.1. The van der Waals surface area contributed by atoms with E-state index in [0.29, 0.717) is 10.0 Å². The third-order valence-corrected chi connectivity index (χ3v) is 4.87. The molecule has 1 fully saturated rings. The van der Waals surface area contributed by atoms with Gasteiger partial charge in [-0.2, -0.15) is 0 Å². The first-order valence-electron chi connectivity index (χ1n) is 8.28. The summed E-state index contributed by atoms with van der Waals surface area (Å²) in [5, 5.41) is 15.5. The molecule has 1 atom stereocenters. The van der Waals surface area contributed by atoms with Crippen molar-refractivity contribution in [1.82, 2.24) is 10.2 Å². The van der Waals surface area contributed by atoms with Crippen LogP contribution in [0.25, 0.3) is 22.0 Å². The van der Waals surface area contributed by atoms with Crippen LogP contribution in [0.2, 0.25) is 10.0 Å². The van der Waals surface area contributed by atoms with Crippen LogP contribution < -0.4 is 5.32 Å². The summed E-state index contributed by atoms with van der Waals surface area (Å²) < 4.78 is 5.67. The molecule has 1 unspecified atom stereocenters. The molecular weight excluding hydrogens is 357 g/mol. The van der Waals surface area contributed by atoms with Crippen molar-refractivity contribution in [2.75, 3.05) is 18.5 Å². The summed E-state index contributed by atoms with van der Waals surface area (Å²) in [6, 6.07) is 13.4. The van der Waals surface area contributed by atoms with E-state index in [1.165, 1.54) is 0 Å². The molecule has 2 aromatic carbocycles. The van der Waals surface area contributed by atoms with Gasteiger partial charge in [0.25, 0.3) is 0 Å². The van der Waals surface area contributed by atoms with E-state index < -0.39 is 0 Å². The number of hydrogen-bond acceptors (Lipinski definition) is 4. The van der Waals surface area contributed by atoms with Crippen LogP contribution in [-0.2, 0) is 4.74 Å². The first-order valence-corrected chi connectivity index (χ1v) is 9.03. The molecule has 25 heavy (non-hydrogen) atoms. The average molecular weight is 374 g/mol. The van der Waals surface area contributed by atoms with Gasteiger partial charge < -0.3 is 10.1 Å². The van der Waals surface area contributed by atoms with Crippen molar-refractivity contribution >= 4 is 39.8 Å². The molecule has 2 heterocycles. The highest BCUT2D eigenvalue weighted by molar-refractivity contribution is 6.31. The Labute approximate surface area is 156 Å². The second-order valence-electron chi connectivity index (χ2n) is 6.11. The van der Waals surface area contributed by atoms with Gasteiger partial charge in [0.2, 0.25) is 0 Å². The summed E-state index contributed by atoms with van der Waals surface area (Å²) in [4.78, 5) is 0. The fourth-order valence-corrected chi connectivity index (χ4v) is 3.39. The Bertz CT molecular complexity index is 893. The number of hydrogen-bond donors (Lipinski definition) is 1. The predicted octanol–water partition coefficient (Wildman–Crippen LogP) is 5.19. The van der Waals surface area contributed by atoms with E-state index in [-0.39, 0.29) is 6.10 Å². The van der Waals surface area contributed by atoms with E-state index in [0.717, 1.165) is 53.8 Å². The van der Waals surface area contributed by atoms with Crippen LogP contribution in [0, 0.1) is 0 Å². The van der Waals surface area contributed by atoms with Crippen molar-refractivity contribution in [2.45, 2.75) is 18.9 Å². The first-order chi connectivity index (χ1) is 12.2. The lowest BCUT2D eigenvalue weighted by Gasteiger charge is -2.14. The zero-order valence-corrected chi connectivity index (χ0v) is 15.0. The molecule has 0 saturated carbocycles. The molecule has 4 nitrogen and oxygen atoms in total. The molecule has 1 aliphatic rings. The fourth-order valence-electron chi connectivity index (χ4n) is 3.09. The molecule has 0 spiro atoms. The minimum atomic E-state index is 0.229. The maximum absolute atomic E-state index is 6.22. The van der Waals surface area contributed by atoms with Gasteiger partial charge in [-0.1, -0.05) is 41.4 Å². The number of nitrogens with one attached hydrogen (secondary N) is 1. The van der Waals surface area contributed by atoms with Gasteiger partial charge >= 0.3 is 0 Å². The summed E-state index contributed by atoms with van der Waals surface area (Å²) in [7, 11) is 0. The van der Waals surface area contributed by atoms with Crippen molar-refractivity contribution in [2.24, 2.45) is 0 Å². The summed E-state index contributed by atoms with van der Waals surface area (Å²) in [6.45, 7) is 1.55. The van der Waals surface area contributed by atoms with E-state index in [1.54, 1.807) is 0 Å². The van der Waals surface area contributed by atoms with E-state index in [9.17, 15) is 0 Å². The zero-order chi connectivity index (χ0) is 17.2. The summed E-state index contributed by atoms with van der Waals surface area (Å²) in [6.07, 6.45) is 2.41. The molecule has 128 valence electrons. The third-order valence-electron chi connectivity index (χ3n) is 4.38. The maximum Gasteiger partial charge on any atom is 0.156 e. The number of halogens is 2.